The maximum atomic E-state index is 12.4. The number of nitrogens with one attached hydrogen (secondary N) is 1. The molecule has 0 spiro atoms. The van der Waals surface area contributed by atoms with Crippen LogP contribution in [0.3, 0.4) is 0 Å². The average Bonchev–Trinajstić information content (AvgIpc) is 2.86. The number of pyridine rings is 1. The van der Waals surface area contributed by atoms with Crippen LogP contribution in [-0.2, 0) is 13.1 Å². The van der Waals surface area contributed by atoms with Gasteiger partial charge >= 0.3 is 0 Å². The quantitative estimate of drug-likeness (QED) is 0.351. The first kappa shape index (κ1) is 24.5. The Labute approximate surface area is 218 Å². The number of piperidine rings is 1. The number of carbonyl (C=O) groups excluding carboxylic acids is 1. The van der Waals surface area contributed by atoms with Gasteiger partial charge in [-0.3, -0.25) is 14.5 Å². The van der Waals surface area contributed by atoms with Gasteiger partial charge in [0, 0.05) is 59.5 Å². The molecule has 0 aliphatic carbocycles. The van der Waals surface area contributed by atoms with E-state index in [1.165, 1.54) is 0 Å². The molecule has 186 valence electrons. The molecule has 1 fully saturated rings. The monoisotopic (exact) mass is 548 g/mol. The van der Waals surface area contributed by atoms with E-state index in [-0.39, 0.29) is 11.5 Å². The lowest BCUT2D eigenvalue weighted by molar-refractivity contribution is 0.0955. The van der Waals surface area contributed by atoms with Gasteiger partial charge in [0.25, 0.3) is 11.5 Å². The lowest BCUT2D eigenvalue weighted by Crippen LogP contribution is -2.46. The van der Waals surface area contributed by atoms with E-state index in [1.54, 1.807) is 24.4 Å². The predicted octanol–water partition coefficient (Wildman–Crippen LogP) is 4.39. The minimum Gasteiger partial charge on any atom is -0.494 e. The number of aromatic nitrogens is 1. The number of hydrogen-bond acceptors (Lipinski definition) is 5. The summed E-state index contributed by atoms with van der Waals surface area (Å²) in [5, 5.41) is 4.16. The fourth-order valence-electron chi connectivity index (χ4n) is 5.32. The van der Waals surface area contributed by atoms with E-state index >= 15 is 0 Å². The Bertz CT molecular complexity index is 1350. The summed E-state index contributed by atoms with van der Waals surface area (Å²) in [4.78, 5) is 27.2. The number of rotatable bonds is 7. The van der Waals surface area contributed by atoms with E-state index in [0.29, 0.717) is 24.0 Å². The van der Waals surface area contributed by atoms with Crippen LogP contribution in [0.25, 0.3) is 0 Å². The van der Waals surface area contributed by atoms with E-state index < -0.39 is 0 Å². The number of nitrogens with zero attached hydrogens (tertiary/aromatic N) is 3. The number of carbonyl (C=O) groups is 1. The number of hydrogen-bond donors (Lipinski definition) is 1. The van der Waals surface area contributed by atoms with Gasteiger partial charge in [0.2, 0.25) is 0 Å². The van der Waals surface area contributed by atoms with Crippen molar-refractivity contribution in [2.24, 2.45) is 11.0 Å². The first-order valence-electron chi connectivity index (χ1n) is 12.3. The van der Waals surface area contributed by atoms with Crippen LogP contribution < -0.4 is 15.7 Å². The van der Waals surface area contributed by atoms with E-state index in [4.69, 9.17) is 4.74 Å². The van der Waals surface area contributed by atoms with Crippen LogP contribution in [0.4, 0.5) is 0 Å². The Balaban J connectivity index is 1.30. The molecule has 1 N–H and O–H groups in total. The van der Waals surface area contributed by atoms with Crippen LogP contribution in [0, 0.1) is 5.92 Å². The molecule has 2 atom stereocenters. The van der Waals surface area contributed by atoms with E-state index in [0.717, 1.165) is 59.6 Å². The normalized spacial score (nSPS) is 19.2. The third-order valence-corrected chi connectivity index (χ3v) is 7.29. The highest BCUT2D eigenvalue weighted by atomic mass is 79.9. The molecule has 1 aromatic heterocycles. The number of halogens is 1. The molecule has 36 heavy (non-hydrogen) atoms. The number of ether oxygens (including phenoxy) is 1. The van der Waals surface area contributed by atoms with Crippen molar-refractivity contribution in [3.63, 3.8) is 0 Å². The van der Waals surface area contributed by atoms with Crippen molar-refractivity contribution >= 4 is 28.1 Å². The van der Waals surface area contributed by atoms with Crippen LogP contribution in [0.1, 0.15) is 46.4 Å². The smallest absolute Gasteiger partial charge is 0.271 e. The molecular formula is C28H29BrN4O3. The van der Waals surface area contributed by atoms with Crippen LogP contribution in [-0.4, -0.2) is 41.3 Å². The van der Waals surface area contributed by atoms with Crippen LogP contribution in [0.2, 0.25) is 0 Å². The minimum atomic E-state index is -0.266. The molecule has 2 bridgehead atoms. The summed E-state index contributed by atoms with van der Waals surface area (Å²) in [7, 11) is 0. The summed E-state index contributed by atoms with van der Waals surface area (Å²) in [6.45, 7) is 5.97. The summed E-state index contributed by atoms with van der Waals surface area (Å²) in [6, 6.07) is 18.8. The molecule has 3 heterocycles. The Kier molecular flexibility index (Phi) is 7.34. The number of amides is 1. The SMILES string of the molecule is CCOc1ccc(/C=N\NC(=O)c2cccc(Br)c2)cc1CN1C[C@H]2C[C@@H](C1)c1cccc(=O)n1C2. The van der Waals surface area contributed by atoms with Crippen molar-refractivity contribution < 1.29 is 9.53 Å². The molecular weight excluding hydrogens is 520 g/mol. The highest BCUT2D eigenvalue weighted by Crippen LogP contribution is 2.36. The standard InChI is InChI=1S/C28H29BrN4O3/c1-2-36-26-10-9-19(14-30-31-28(35)21-5-3-6-24(29)13-21)11-23(26)18-32-15-20-12-22(17-32)25-7-4-8-27(34)33(25)16-20/h3-11,13-14,20,22H,2,12,15-18H2,1H3,(H,31,35)/b30-14-/t20-,22+/m1/s1. The third-order valence-electron chi connectivity index (χ3n) is 6.80. The van der Waals surface area contributed by atoms with E-state index in [1.807, 2.05) is 41.8 Å². The van der Waals surface area contributed by atoms with E-state index in [9.17, 15) is 9.59 Å². The zero-order valence-electron chi connectivity index (χ0n) is 20.2. The second-order valence-corrected chi connectivity index (χ2v) is 10.3. The van der Waals surface area contributed by atoms with Gasteiger partial charge in [-0.15, -0.1) is 0 Å². The molecule has 2 aromatic carbocycles. The van der Waals surface area contributed by atoms with Gasteiger partial charge in [0.15, 0.2) is 0 Å². The summed E-state index contributed by atoms with van der Waals surface area (Å²) in [6.07, 6.45) is 2.78. The topological polar surface area (TPSA) is 75.9 Å². The largest absolute Gasteiger partial charge is 0.494 e. The first-order chi connectivity index (χ1) is 17.5. The number of likely N-dealkylation sites (tertiary alicyclic amines) is 1. The van der Waals surface area contributed by atoms with Crippen LogP contribution in [0.5, 0.6) is 5.75 Å². The maximum absolute atomic E-state index is 12.4. The molecule has 8 heteroatoms. The van der Waals surface area contributed by atoms with Crippen LogP contribution in [0.15, 0.2) is 75.0 Å². The third kappa shape index (κ3) is 5.44. The van der Waals surface area contributed by atoms with Crippen molar-refractivity contribution in [1.29, 1.82) is 0 Å². The van der Waals surface area contributed by atoms with Crippen molar-refractivity contribution in [3.05, 3.63) is 97.9 Å². The van der Waals surface area contributed by atoms with Gasteiger partial charge in [-0.05, 0) is 67.3 Å². The highest BCUT2D eigenvalue weighted by Gasteiger charge is 2.34. The molecule has 3 aromatic rings. The molecule has 2 aliphatic heterocycles. The average molecular weight is 549 g/mol. The van der Waals surface area contributed by atoms with Crippen molar-refractivity contribution in [1.82, 2.24) is 14.9 Å². The maximum Gasteiger partial charge on any atom is 0.271 e. The van der Waals surface area contributed by atoms with Gasteiger partial charge in [-0.25, -0.2) is 5.43 Å². The number of fused-ring (bicyclic) bond motifs is 4. The second-order valence-electron chi connectivity index (χ2n) is 9.40. The summed E-state index contributed by atoms with van der Waals surface area (Å²) >= 11 is 3.38. The zero-order valence-corrected chi connectivity index (χ0v) is 21.8. The minimum absolute atomic E-state index is 0.105. The fourth-order valence-corrected chi connectivity index (χ4v) is 5.72. The Morgan fingerprint density at radius 2 is 2.00 bits per heavy atom. The van der Waals surface area contributed by atoms with Gasteiger partial charge < -0.3 is 9.30 Å². The first-order valence-corrected chi connectivity index (χ1v) is 13.1. The molecule has 2 aliphatic rings. The lowest BCUT2D eigenvalue weighted by atomic mass is 9.83. The molecule has 0 unspecified atom stereocenters. The van der Waals surface area contributed by atoms with Crippen molar-refractivity contribution in [2.45, 2.75) is 32.4 Å². The summed E-state index contributed by atoms with van der Waals surface area (Å²) in [5.74, 6) is 1.42. The van der Waals surface area contributed by atoms with Gasteiger partial charge in [0.05, 0.1) is 12.8 Å². The van der Waals surface area contributed by atoms with Crippen molar-refractivity contribution in [2.75, 3.05) is 19.7 Å². The molecule has 5 rings (SSSR count). The van der Waals surface area contributed by atoms with E-state index in [2.05, 4.69) is 43.5 Å². The molecule has 1 saturated heterocycles. The van der Waals surface area contributed by atoms with Crippen molar-refractivity contribution in [3.8, 4) is 5.75 Å². The Hall–Kier alpha value is -3.23. The van der Waals surface area contributed by atoms with Gasteiger partial charge in [-0.1, -0.05) is 28.1 Å². The summed E-state index contributed by atoms with van der Waals surface area (Å²) < 4.78 is 8.72. The van der Waals surface area contributed by atoms with Gasteiger partial charge in [-0.2, -0.15) is 5.10 Å². The van der Waals surface area contributed by atoms with Gasteiger partial charge in [0.1, 0.15) is 5.75 Å². The highest BCUT2D eigenvalue weighted by molar-refractivity contribution is 9.10. The number of hydrazone groups is 1. The molecule has 7 nitrogen and oxygen atoms in total. The molecule has 0 saturated carbocycles. The lowest BCUT2D eigenvalue weighted by Gasteiger charge is -2.43. The molecule has 0 radical (unpaired) electrons. The fraction of sp³-hybridized carbons (Fsp3) is 0.321. The zero-order chi connectivity index (χ0) is 25.1. The Morgan fingerprint density at radius 1 is 1.14 bits per heavy atom. The Morgan fingerprint density at radius 3 is 2.83 bits per heavy atom. The number of benzene rings is 2. The van der Waals surface area contributed by atoms with Crippen LogP contribution >= 0.6 is 15.9 Å². The molecule has 1 amide bonds. The summed E-state index contributed by atoms with van der Waals surface area (Å²) in [5.41, 5.74) is 6.36. The second kappa shape index (κ2) is 10.8. The predicted molar refractivity (Wildman–Crippen MR) is 144 cm³/mol.